The topological polar surface area (TPSA) is 80.3 Å². The molecule has 140 valence electrons. The number of methoxy groups -OCH3 is 1. The van der Waals surface area contributed by atoms with E-state index in [0.717, 1.165) is 22.7 Å². The van der Waals surface area contributed by atoms with Gasteiger partial charge in [-0.15, -0.1) is 0 Å². The fourth-order valence-corrected chi connectivity index (χ4v) is 3.93. The third-order valence-corrected chi connectivity index (χ3v) is 5.50. The van der Waals surface area contributed by atoms with Crippen LogP contribution in [0.4, 0.5) is 17.2 Å². The normalized spacial score (nSPS) is 11.1. The number of rotatable bonds is 6. The largest absolute Gasteiger partial charge is 0.497 e. The molecule has 1 heterocycles. The molecule has 0 saturated carbocycles. The van der Waals surface area contributed by atoms with E-state index in [2.05, 4.69) is 15.0 Å². The number of hydrogen-bond donors (Lipinski definition) is 2. The summed E-state index contributed by atoms with van der Waals surface area (Å²) in [6.07, 6.45) is 1.57. The molecule has 27 heavy (non-hydrogen) atoms. The molecule has 0 bridgehead atoms. The Labute approximate surface area is 159 Å². The molecule has 2 N–H and O–H groups in total. The fraction of sp³-hybridized carbons (Fsp3) is 0.150. The van der Waals surface area contributed by atoms with Gasteiger partial charge in [-0.3, -0.25) is 4.72 Å². The van der Waals surface area contributed by atoms with E-state index in [1.54, 1.807) is 44.5 Å². The third-order valence-electron chi connectivity index (χ3n) is 3.98. The second kappa shape index (κ2) is 7.67. The van der Waals surface area contributed by atoms with Crippen LogP contribution < -0.4 is 14.8 Å². The molecule has 0 amide bonds. The van der Waals surface area contributed by atoms with Gasteiger partial charge in [0.2, 0.25) is 0 Å². The summed E-state index contributed by atoms with van der Waals surface area (Å²) in [7, 11) is -2.08. The quantitative estimate of drug-likeness (QED) is 0.665. The van der Waals surface area contributed by atoms with Gasteiger partial charge >= 0.3 is 0 Å². The Morgan fingerprint density at radius 3 is 2.44 bits per heavy atom. The van der Waals surface area contributed by atoms with Crippen LogP contribution in [0.15, 0.2) is 65.7 Å². The Bertz CT molecular complexity index is 1050. The maximum Gasteiger partial charge on any atom is 0.263 e. The van der Waals surface area contributed by atoms with Gasteiger partial charge < -0.3 is 10.1 Å². The molecule has 0 aliphatic heterocycles. The minimum absolute atomic E-state index is 0.244. The number of nitrogens with one attached hydrogen (secondary N) is 2. The first-order valence-corrected chi connectivity index (χ1v) is 9.83. The zero-order chi connectivity index (χ0) is 19.4. The number of pyridine rings is 1. The highest BCUT2D eigenvalue weighted by atomic mass is 32.2. The van der Waals surface area contributed by atoms with Gasteiger partial charge in [0.05, 0.1) is 23.9 Å². The van der Waals surface area contributed by atoms with Crippen molar-refractivity contribution in [1.82, 2.24) is 4.98 Å². The van der Waals surface area contributed by atoms with Gasteiger partial charge in [-0.1, -0.05) is 23.8 Å². The lowest BCUT2D eigenvalue weighted by Gasteiger charge is -2.11. The van der Waals surface area contributed by atoms with Crippen LogP contribution in [-0.2, 0) is 10.0 Å². The monoisotopic (exact) mass is 383 g/mol. The summed E-state index contributed by atoms with van der Waals surface area (Å²) in [5, 5.41) is 3.20. The first-order chi connectivity index (χ1) is 12.9. The number of hydrogen-bond acceptors (Lipinski definition) is 5. The van der Waals surface area contributed by atoms with Gasteiger partial charge in [0.15, 0.2) is 0 Å². The van der Waals surface area contributed by atoms with Crippen molar-refractivity contribution in [3.63, 3.8) is 0 Å². The highest BCUT2D eigenvalue weighted by Gasteiger charge is 2.17. The average Bonchev–Trinajstić information content (AvgIpc) is 2.63. The van der Waals surface area contributed by atoms with Crippen molar-refractivity contribution in [2.75, 3.05) is 17.1 Å². The molecule has 7 heteroatoms. The minimum Gasteiger partial charge on any atom is -0.497 e. The summed E-state index contributed by atoms with van der Waals surface area (Å²) < 4.78 is 32.9. The number of aromatic nitrogens is 1. The van der Waals surface area contributed by atoms with Gasteiger partial charge in [-0.05, 0) is 49.7 Å². The van der Waals surface area contributed by atoms with E-state index in [1.807, 2.05) is 37.3 Å². The van der Waals surface area contributed by atoms with E-state index in [9.17, 15) is 8.42 Å². The van der Waals surface area contributed by atoms with Crippen molar-refractivity contribution in [3.05, 3.63) is 71.9 Å². The lowest BCUT2D eigenvalue weighted by Crippen LogP contribution is -2.15. The van der Waals surface area contributed by atoms with Crippen molar-refractivity contribution >= 4 is 27.2 Å². The zero-order valence-electron chi connectivity index (χ0n) is 15.4. The van der Waals surface area contributed by atoms with E-state index in [4.69, 9.17) is 4.74 Å². The van der Waals surface area contributed by atoms with Crippen LogP contribution in [-0.4, -0.2) is 20.5 Å². The molecule has 0 aliphatic rings. The maximum absolute atomic E-state index is 12.6. The SMILES string of the molecule is COc1cccc(Nc2ccc(NS(=O)(=O)c3ccc(C)cc3C)nc2)c1. The van der Waals surface area contributed by atoms with Crippen LogP contribution in [0.2, 0.25) is 0 Å². The Balaban J connectivity index is 1.75. The standard InChI is InChI=1S/C20H21N3O3S/c1-14-7-9-19(15(2)11-14)27(24,25)23-20-10-8-17(13-21-20)22-16-5-4-6-18(12-16)26-3/h4-13,22H,1-3H3,(H,21,23). The van der Waals surface area contributed by atoms with Crippen molar-refractivity contribution in [2.24, 2.45) is 0 Å². The molecular formula is C20H21N3O3S. The second-order valence-corrected chi connectivity index (χ2v) is 7.81. The molecule has 0 radical (unpaired) electrons. The van der Waals surface area contributed by atoms with Gasteiger partial charge in [0.1, 0.15) is 11.6 Å². The number of anilines is 3. The van der Waals surface area contributed by atoms with Crippen molar-refractivity contribution < 1.29 is 13.2 Å². The highest BCUT2D eigenvalue weighted by Crippen LogP contribution is 2.23. The Hall–Kier alpha value is -3.06. The van der Waals surface area contributed by atoms with E-state index in [-0.39, 0.29) is 10.7 Å². The highest BCUT2D eigenvalue weighted by molar-refractivity contribution is 7.92. The summed E-state index contributed by atoms with van der Waals surface area (Å²) >= 11 is 0. The number of benzene rings is 2. The van der Waals surface area contributed by atoms with Crippen LogP contribution in [0, 0.1) is 13.8 Å². The predicted molar refractivity (Wildman–Crippen MR) is 107 cm³/mol. The van der Waals surface area contributed by atoms with E-state index >= 15 is 0 Å². The molecule has 6 nitrogen and oxygen atoms in total. The zero-order valence-corrected chi connectivity index (χ0v) is 16.2. The Morgan fingerprint density at radius 1 is 0.963 bits per heavy atom. The summed E-state index contributed by atoms with van der Waals surface area (Å²) in [6.45, 7) is 3.70. The third kappa shape index (κ3) is 4.57. The summed E-state index contributed by atoms with van der Waals surface area (Å²) in [4.78, 5) is 4.44. The van der Waals surface area contributed by atoms with E-state index in [1.165, 1.54) is 0 Å². The van der Waals surface area contributed by atoms with Crippen molar-refractivity contribution in [2.45, 2.75) is 18.7 Å². The molecule has 0 saturated heterocycles. The number of aryl methyl sites for hydroxylation is 2. The van der Waals surface area contributed by atoms with Gasteiger partial charge in [-0.2, -0.15) is 0 Å². The Kier molecular flexibility index (Phi) is 5.32. The molecule has 0 aliphatic carbocycles. The predicted octanol–water partition coefficient (Wildman–Crippen LogP) is 4.25. The molecule has 0 fully saturated rings. The fourth-order valence-electron chi connectivity index (χ4n) is 2.69. The first kappa shape index (κ1) is 18.7. The smallest absolute Gasteiger partial charge is 0.263 e. The van der Waals surface area contributed by atoms with Gasteiger partial charge in [0, 0.05) is 11.8 Å². The second-order valence-electron chi connectivity index (χ2n) is 6.16. The number of nitrogens with zero attached hydrogens (tertiary/aromatic N) is 1. The van der Waals surface area contributed by atoms with Crippen LogP contribution in [0.3, 0.4) is 0 Å². The molecule has 3 rings (SSSR count). The summed E-state index contributed by atoms with van der Waals surface area (Å²) in [5.74, 6) is 0.997. The molecule has 1 aromatic heterocycles. The molecule has 0 spiro atoms. The van der Waals surface area contributed by atoms with E-state index < -0.39 is 10.0 Å². The van der Waals surface area contributed by atoms with Crippen LogP contribution >= 0.6 is 0 Å². The summed E-state index contributed by atoms with van der Waals surface area (Å²) in [6, 6.07) is 16.1. The van der Waals surface area contributed by atoms with Crippen molar-refractivity contribution in [3.8, 4) is 5.75 Å². The molecule has 0 atom stereocenters. The number of ether oxygens (including phenoxy) is 1. The summed E-state index contributed by atoms with van der Waals surface area (Å²) in [5.41, 5.74) is 3.29. The van der Waals surface area contributed by atoms with E-state index in [0.29, 0.717) is 5.56 Å². The molecule has 3 aromatic rings. The molecule has 2 aromatic carbocycles. The average molecular weight is 383 g/mol. The van der Waals surface area contributed by atoms with Crippen LogP contribution in [0.5, 0.6) is 5.75 Å². The van der Waals surface area contributed by atoms with Gasteiger partial charge in [-0.25, -0.2) is 13.4 Å². The lowest BCUT2D eigenvalue weighted by molar-refractivity contribution is 0.415. The maximum atomic E-state index is 12.6. The lowest BCUT2D eigenvalue weighted by atomic mass is 10.2. The number of sulfonamides is 1. The van der Waals surface area contributed by atoms with Gasteiger partial charge in [0.25, 0.3) is 10.0 Å². The first-order valence-electron chi connectivity index (χ1n) is 8.34. The molecule has 0 unspecified atom stereocenters. The van der Waals surface area contributed by atoms with Crippen LogP contribution in [0.1, 0.15) is 11.1 Å². The van der Waals surface area contributed by atoms with Crippen LogP contribution in [0.25, 0.3) is 0 Å². The minimum atomic E-state index is -3.69. The Morgan fingerprint density at radius 2 is 1.78 bits per heavy atom. The van der Waals surface area contributed by atoms with Crippen molar-refractivity contribution in [1.29, 1.82) is 0 Å². The molecular weight excluding hydrogens is 362 g/mol.